The highest BCUT2D eigenvalue weighted by Gasteiger charge is 2.22. The Bertz CT molecular complexity index is 533. The number of aryl methyl sites for hydroxylation is 1. The summed E-state index contributed by atoms with van der Waals surface area (Å²) in [6.07, 6.45) is 1.92. The van der Waals surface area contributed by atoms with Crippen LogP contribution in [0.15, 0.2) is 24.4 Å². The van der Waals surface area contributed by atoms with Crippen molar-refractivity contribution in [2.45, 2.75) is 20.0 Å². The average molecular weight is 231 g/mol. The zero-order valence-electron chi connectivity index (χ0n) is 9.10. The van der Waals surface area contributed by atoms with Crippen LogP contribution in [0.3, 0.4) is 0 Å². The minimum atomic E-state index is 0.884. The first kappa shape index (κ1) is 9.66. The van der Waals surface area contributed by atoms with E-state index in [9.17, 15) is 0 Å². The van der Waals surface area contributed by atoms with Crippen molar-refractivity contribution in [2.75, 3.05) is 10.6 Å². The Balaban J connectivity index is 1.93. The molecule has 2 aromatic rings. The number of nitrogens with two attached hydrogens (primary N) is 1. The van der Waals surface area contributed by atoms with Crippen molar-refractivity contribution >= 4 is 22.2 Å². The van der Waals surface area contributed by atoms with E-state index in [0.717, 1.165) is 23.9 Å². The Morgan fingerprint density at radius 1 is 1.38 bits per heavy atom. The van der Waals surface area contributed by atoms with E-state index in [1.54, 1.807) is 11.3 Å². The molecule has 1 aliphatic rings. The summed E-state index contributed by atoms with van der Waals surface area (Å²) in [6.45, 7) is 3.89. The molecule has 0 atom stereocenters. The van der Waals surface area contributed by atoms with E-state index in [-0.39, 0.29) is 0 Å². The number of hydrogen-bond donors (Lipinski definition) is 1. The molecule has 0 bridgehead atoms. The number of nitrogens with zero attached hydrogens (tertiary/aromatic N) is 2. The van der Waals surface area contributed by atoms with Gasteiger partial charge in [-0.3, -0.25) is 0 Å². The standard InChI is InChI=1S/C12H13N3S/c1-8-5-14-12(16-8)15-6-9-3-2-4-11(13)10(9)7-15/h2-5H,6-7,13H2,1H3. The normalized spacial score (nSPS) is 14.2. The fourth-order valence-electron chi connectivity index (χ4n) is 2.07. The topological polar surface area (TPSA) is 42.2 Å². The Kier molecular flexibility index (Phi) is 2.11. The molecule has 82 valence electrons. The summed E-state index contributed by atoms with van der Waals surface area (Å²) in [4.78, 5) is 7.94. The van der Waals surface area contributed by atoms with Gasteiger partial charge in [0, 0.05) is 29.9 Å². The highest BCUT2D eigenvalue weighted by Crippen LogP contribution is 2.33. The molecule has 0 saturated heterocycles. The van der Waals surface area contributed by atoms with Crippen LogP contribution in [0.2, 0.25) is 0 Å². The number of anilines is 2. The molecule has 2 heterocycles. The van der Waals surface area contributed by atoms with Gasteiger partial charge in [0.25, 0.3) is 0 Å². The van der Waals surface area contributed by atoms with Crippen molar-refractivity contribution in [2.24, 2.45) is 0 Å². The summed E-state index contributed by atoms with van der Waals surface area (Å²) in [5, 5.41) is 1.09. The zero-order chi connectivity index (χ0) is 11.1. The number of fused-ring (bicyclic) bond motifs is 1. The lowest BCUT2D eigenvalue weighted by molar-refractivity contribution is 0.873. The second-order valence-electron chi connectivity index (χ2n) is 4.09. The van der Waals surface area contributed by atoms with Crippen LogP contribution in [0.5, 0.6) is 0 Å². The van der Waals surface area contributed by atoms with Gasteiger partial charge in [-0.1, -0.05) is 12.1 Å². The Morgan fingerprint density at radius 2 is 2.25 bits per heavy atom. The molecule has 16 heavy (non-hydrogen) atoms. The minimum Gasteiger partial charge on any atom is -0.398 e. The highest BCUT2D eigenvalue weighted by atomic mass is 32.1. The minimum absolute atomic E-state index is 0.884. The Morgan fingerprint density at radius 3 is 2.94 bits per heavy atom. The van der Waals surface area contributed by atoms with Crippen molar-refractivity contribution in [3.8, 4) is 0 Å². The van der Waals surface area contributed by atoms with Crippen molar-refractivity contribution < 1.29 is 0 Å². The molecule has 0 unspecified atom stereocenters. The van der Waals surface area contributed by atoms with Gasteiger partial charge in [-0.05, 0) is 24.1 Å². The first-order valence-electron chi connectivity index (χ1n) is 5.27. The maximum atomic E-state index is 5.97. The van der Waals surface area contributed by atoms with Crippen molar-refractivity contribution in [1.82, 2.24) is 4.98 Å². The molecule has 0 saturated carbocycles. The number of benzene rings is 1. The van der Waals surface area contributed by atoms with Crippen LogP contribution in [0, 0.1) is 6.92 Å². The molecular weight excluding hydrogens is 218 g/mol. The maximum absolute atomic E-state index is 5.97. The van der Waals surface area contributed by atoms with Gasteiger partial charge in [0.2, 0.25) is 0 Å². The van der Waals surface area contributed by atoms with Gasteiger partial charge in [0.15, 0.2) is 5.13 Å². The third-order valence-corrected chi connectivity index (χ3v) is 3.87. The highest BCUT2D eigenvalue weighted by molar-refractivity contribution is 7.15. The average Bonchev–Trinajstić information content (AvgIpc) is 2.84. The predicted molar refractivity (Wildman–Crippen MR) is 67.6 cm³/mol. The van der Waals surface area contributed by atoms with E-state index < -0.39 is 0 Å². The lowest BCUT2D eigenvalue weighted by Crippen LogP contribution is -2.14. The number of aromatic nitrogens is 1. The van der Waals surface area contributed by atoms with Crippen molar-refractivity contribution in [3.63, 3.8) is 0 Å². The summed E-state index contributed by atoms with van der Waals surface area (Å²) in [6, 6.07) is 6.13. The fourth-order valence-corrected chi connectivity index (χ4v) is 2.83. The van der Waals surface area contributed by atoms with Crippen molar-refractivity contribution in [1.29, 1.82) is 0 Å². The van der Waals surface area contributed by atoms with Crippen LogP contribution >= 0.6 is 11.3 Å². The molecule has 1 aromatic carbocycles. The largest absolute Gasteiger partial charge is 0.398 e. The first-order valence-corrected chi connectivity index (χ1v) is 6.09. The molecule has 0 spiro atoms. The van der Waals surface area contributed by atoms with Crippen LogP contribution in [0.4, 0.5) is 10.8 Å². The maximum Gasteiger partial charge on any atom is 0.186 e. The second-order valence-corrected chi connectivity index (χ2v) is 5.31. The molecule has 0 aliphatic carbocycles. The van der Waals surface area contributed by atoms with Crippen LogP contribution in [-0.4, -0.2) is 4.98 Å². The van der Waals surface area contributed by atoms with Gasteiger partial charge in [-0.2, -0.15) is 0 Å². The first-order chi connectivity index (χ1) is 7.74. The summed E-state index contributed by atoms with van der Waals surface area (Å²) in [7, 11) is 0. The third-order valence-electron chi connectivity index (χ3n) is 2.90. The second kappa shape index (κ2) is 3.49. The van der Waals surface area contributed by atoms with Gasteiger partial charge < -0.3 is 10.6 Å². The van der Waals surface area contributed by atoms with Crippen LogP contribution < -0.4 is 10.6 Å². The molecule has 3 rings (SSSR count). The zero-order valence-corrected chi connectivity index (χ0v) is 9.92. The SMILES string of the molecule is Cc1cnc(N2Cc3cccc(N)c3C2)s1. The molecular formula is C12H13N3S. The third kappa shape index (κ3) is 1.46. The number of rotatable bonds is 1. The van der Waals surface area contributed by atoms with Crippen molar-refractivity contribution in [3.05, 3.63) is 40.4 Å². The number of hydrogen-bond acceptors (Lipinski definition) is 4. The monoisotopic (exact) mass is 231 g/mol. The van der Waals surface area contributed by atoms with Crippen LogP contribution in [-0.2, 0) is 13.1 Å². The molecule has 3 nitrogen and oxygen atoms in total. The summed E-state index contributed by atoms with van der Waals surface area (Å²) in [5.74, 6) is 0. The molecule has 0 amide bonds. The molecule has 0 radical (unpaired) electrons. The Labute approximate surface area is 98.5 Å². The lowest BCUT2D eigenvalue weighted by Gasteiger charge is -2.12. The lowest BCUT2D eigenvalue weighted by atomic mass is 10.1. The van der Waals surface area contributed by atoms with E-state index in [1.807, 2.05) is 18.3 Å². The van der Waals surface area contributed by atoms with Crippen LogP contribution in [0.1, 0.15) is 16.0 Å². The smallest absolute Gasteiger partial charge is 0.186 e. The van der Waals surface area contributed by atoms with Gasteiger partial charge >= 0.3 is 0 Å². The molecule has 4 heteroatoms. The number of thiazole rings is 1. The molecule has 1 aliphatic heterocycles. The van der Waals surface area contributed by atoms with Gasteiger partial charge in [0.1, 0.15) is 0 Å². The van der Waals surface area contributed by atoms with E-state index in [4.69, 9.17) is 5.73 Å². The van der Waals surface area contributed by atoms with Gasteiger partial charge in [0.05, 0.1) is 0 Å². The van der Waals surface area contributed by atoms with Crippen LogP contribution in [0.25, 0.3) is 0 Å². The Hall–Kier alpha value is -1.55. The molecule has 0 fully saturated rings. The van der Waals surface area contributed by atoms with E-state index in [1.165, 1.54) is 16.0 Å². The van der Waals surface area contributed by atoms with E-state index in [2.05, 4.69) is 22.9 Å². The predicted octanol–water partition coefficient (Wildman–Crippen LogP) is 2.55. The van der Waals surface area contributed by atoms with Gasteiger partial charge in [-0.15, -0.1) is 11.3 Å². The fraction of sp³-hybridized carbons (Fsp3) is 0.250. The van der Waals surface area contributed by atoms with Gasteiger partial charge in [-0.25, -0.2) is 4.98 Å². The van der Waals surface area contributed by atoms with E-state index >= 15 is 0 Å². The molecule has 1 aromatic heterocycles. The summed E-state index contributed by atoms with van der Waals surface area (Å²) >= 11 is 1.74. The number of nitrogen functional groups attached to an aromatic ring is 1. The summed E-state index contributed by atoms with van der Waals surface area (Å²) < 4.78 is 0. The van der Waals surface area contributed by atoms with E-state index in [0.29, 0.717) is 0 Å². The molecule has 2 N–H and O–H groups in total. The summed E-state index contributed by atoms with van der Waals surface area (Å²) in [5.41, 5.74) is 9.46. The quantitative estimate of drug-likeness (QED) is 0.767.